The zero-order valence-corrected chi connectivity index (χ0v) is 11.4. The summed E-state index contributed by atoms with van der Waals surface area (Å²) in [5, 5.41) is 11.8. The standard InChI is InChI=1S/C13H14BrNO3/c14-10-6-2-5-9(13(17)18)12(10)15-11(16)7-8-3-1-4-8/h2,5-6,8H,1,3-4,7H2,(H,15,16)(H,17,18). The molecule has 1 aromatic rings. The van der Waals surface area contributed by atoms with Crippen LogP contribution in [0.2, 0.25) is 0 Å². The number of carbonyl (C=O) groups excluding carboxylic acids is 1. The molecule has 0 aliphatic heterocycles. The summed E-state index contributed by atoms with van der Waals surface area (Å²) in [4.78, 5) is 22.9. The topological polar surface area (TPSA) is 66.4 Å². The maximum Gasteiger partial charge on any atom is 0.337 e. The Kier molecular flexibility index (Phi) is 4.01. The summed E-state index contributed by atoms with van der Waals surface area (Å²) in [5.41, 5.74) is 0.445. The molecule has 1 saturated carbocycles. The number of para-hydroxylation sites is 1. The van der Waals surface area contributed by atoms with Crippen LogP contribution in [-0.4, -0.2) is 17.0 Å². The second kappa shape index (κ2) is 5.52. The minimum atomic E-state index is -1.05. The van der Waals surface area contributed by atoms with Gasteiger partial charge in [0.05, 0.1) is 11.3 Å². The quantitative estimate of drug-likeness (QED) is 0.896. The fourth-order valence-corrected chi connectivity index (χ4v) is 2.44. The molecular weight excluding hydrogens is 298 g/mol. The molecule has 1 fully saturated rings. The van der Waals surface area contributed by atoms with E-state index in [2.05, 4.69) is 21.2 Å². The first-order valence-corrected chi connectivity index (χ1v) is 6.69. The number of amides is 1. The van der Waals surface area contributed by atoms with Crippen LogP contribution in [0, 0.1) is 5.92 Å². The largest absolute Gasteiger partial charge is 0.478 e. The van der Waals surface area contributed by atoms with Gasteiger partial charge in [-0.2, -0.15) is 0 Å². The average Bonchev–Trinajstić information content (AvgIpc) is 2.26. The Balaban J connectivity index is 2.11. The highest BCUT2D eigenvalue weighted by Gasteiger charge is 2.22. The third kappa shape index (κ3) is 2.90. The Morgan fingerprint density at radius 2 is 2.11 bits per heavy atom. The van der Waals surface area contributed by atoms with Crippen LogP contribution >= 0.6 is 15.9 Å². The molecule has 96 valence electrons. The van der Waals surface area contributed by atoms with Crippen LogP contribution in [-0.2, 0) is 4.79 Å². The molecule has 0 heterocycles. The Hall–Kier alpha value is -1.36. The van der Waals surface area contributed by atoms with Crippen LogP contribution in [0.4, 0.5) is 5.69 Å². The molecular formula is C13H14BrNO3. The van der Waals surface area contributed by atoms with Gasteiger partial charge < -0.3 is 10.4 Å². The number of hydrogen-bond acceptors (Lipinski definition) is 2. The number of carboxylic acids is 1. The lowest BCUT2D eigenvalue weighted by molar-refractivity contribution is -0.117. The van der Waals surface area contributed by atoms with Gasteiger partial charge in [-0.05, 0) is 46.8 Å². The summed E-state index contributed by atoms with van der Waals surface area (Å²) in [6.45, 7) is 0. The smallest absolute Gasteiger partial charge is 0.337 e. The normalized spacial score (nSPS) is 14.9. The van der Waals surface area contributed by atoms with E-state index in [1.807, 2.05) is 0 Å². The molecule has 1 amide bonds. The summed E-state index contributed by atoms with van der Waals surface area (Å²) >= 11 is 3.26. The SMILES string of the molecule is O=C(CC1CCC1)Nc1c(Br)cccc1C(=O)O. The lowest BCUT2D eigenvalue weighted by atomic mass is 9.83. The predicted octanol–water partition coefficient (Wildman–Crippen LogP) is 3.28. The van der Waals surface area contributed by atoms with Crippen molar-refractivity contribution in [2.24, 2.45) is 5.92 Å². The fourth-order valence-electron chi connectivity index (χ4n) is 1.98. The third-order valence-corrected chi connectivity index (χ3v) is 3.87. The van der Waals surface area contributed by atoms with E-state index in [4.69, 9.17) is 5.11 Å². The number of anilines is 1. The molecule has 0 bridgehead atoms. The van der Waals surface area contributed by atoms with Gasteiger partial charge >= 0.3 is 5.97 Å². The molecule has 5 heteroatoms. The number of hydrogen-bond donors (Lipinski definition) is 2. The number of aromatic carboxylic acids is 1. The third-order valence-electron chi connectivity index (χ3n) is 3.21. The van der Waals surface area contributed by atoms with Crippen molar-refractivity contribution in [1.82, 2.24) is 0 Å². The van der Waals surface area contributed by atoms with E-state index >= 15 is 0 Å². The van der Waals surface area contributed by atoms with Crippen LogP contribution < -0.4 is 5.32 Å². The van der Waals surface area contributed by atoms with Gasteiger partial charge in [0.25, 0.3) is 0 Å². The van der Waals surface area contributed by atoms with Gasteiger partial charge in [0.2, 0.25) is 5.91 Å². The van der Waals surface area contributed by atoms with Gasteiger partial charge in [-0.15, -0.1) is 0 Å². The lowest BCUT2D eigenvalue weighted by Gasteiger charge is -2.24. The van der Waals surface area contributed by atoms with Crippen molar-refractivity contribution in [1.29, 1.82) is 0 Å². The molecule has 0 unspecified atom stereocenters. The van der Waals surface area contributed by atoms with E-state index in [0.29, 0.717) is 22.5 Å². The molecule has 0 aromatic heterocycles. The summed E-state index contributed by atoms with van der Waals surface area (Å²) in [5.74, 6) is -0.704. The van der Waals surface area contributed by atoms with Crippen molar-refractivity contribution in [3.63, 3.8) is 0 Å². The molecule has 1 aliphatic carbocycles. The zero-order valence-electron chi connectivity index (χ0n) is 9.78. The van der Waals surface area contributed by atoms with Gasteiger partial charge in [0, 0.05) is 10.9 Å². The second-order valence-corrected chi connectivity index (χ2v) is 5.37. The fraction of sp³-hybridized carbons (Fsp3) is 0.385. The Labute approximate surface area is 114 Å². The van der Waals surface area contributed by atoms with Crippen LogP contribution in [0.15, 0.2) is 22.7 Å². The molecule has 2 N–H and O–H groups in total. The monoisotopic (exact) mass is 311 g/mol. The van der Waals surface area contributed by atoms with Gasteiger partial charge in [0.15, 0.2) is 0 Å². The summed E-state index contributed by atoms with van der Waals surface area (Å²) in [7, 11) is 0. The van der Waals surface area contributed by atoms with Crippen LogP contribution in [0.3, 0.4) is 0 Å². The minimum Gasteiger partial charge on any atom is -0.478 e. The van der Waals surface area contributed by atoms with E-state index in [-0.39, 0.29) is 11.5 Å². The van der Waals surface area contributed by atoms with Crippen molar-refractivity contribution in [2.75, 3.05) is 5.32 Å². The molecule has 0 saturated heterocycles. The summed E-state index contributed by atoms with van der Waals surface area (Å²) in [6, 6.07) is 4.83. The van der Waals surface area contributed by atoms with Crippen molar-refractivity contribution in [3.05, 3.63) is 28.2 Å². The van der Waals surface area contributed by atoms with Crippen molar-refractivity contribution < 1.29 is 14.7 Å². The number of rotatable bonds is 4. The van der Waals surface area contributed by atoms with Crippen molar-refractivity contribution in [3.8, 4) is 0 Å². The highest BCUT2D eigenvalue weighted by Crippen LogP contribution is 2.31. The minimum absolute atomic E-state index is 0.103. The van der Waals surface area contributed by atoms with E-state index in [1.165, 1.54) is 12.5 Å². The zero-order chi connectivity index (χ0) is 13.1. The van der Waals surface area contributed by atoms with Gasteiger partial charge in [-0.1, -0.05) is 12.5 Å². The first-order valence-electron chi connectivity index (χ1n) is 5.89. The van der Waals surface area contributed by atoms with Crippen molar-refractivity contribution in [2.45, 2.75) is 25.7 Å². The maximum absolute atomic E-state index is 11.8. The van der Waals surface area contributed by atoms with E-state index < -0.39 is 5.97 Å². The number of carbonyl (C=O) groups is 2. The number of carboxylic acid groups (broad SMARTS) is 1. The van der Waals surface area contributed by atoms with Crippen LogP contribution in [0.25, 0.3) is 0 Å². The Bertz CT molecular complexity index is 483. The number of halogens is 1. The van der Waals surface area contributed by atoms with Crippen LogP contribution in [0.5, 0.6) is 0 Å². The van der Waals surface area contributed by atoms with E-state index in [0.717, 1.165) is 12.8 Å². The van der Waals surface area contributed by atoms with Crippen molar-refractivity contribution >= 4 is 33.5 Å². The highest BCUT2D eigenvalue weighted by atomic mass is 79.9. The number of benzene rings is 1. The van der Waals surface area contributed by atoms with E-state index in [1.54, 1.807) is 12.1 Å². The van der Waals surface area contributed by atoms with Gasteiger partial charge in [0.1, 0.15) is 0 Å². The molecule has 4 nitrogen and oxygen atoms in total. The highest BCUT2D eigenvalue weighted by molar-refractivity contribution is 9.10. The average molecular weight is 312 g/mol. The Morgan fingerprint density at radius 1 is 1.39 bits per heavy atom. The number of nitrogens with one attached hydrogen (secondary N) is 1. The molecule has 1 aromatic carbocycles. The molecule has 1 aliphatic rings. The van der Waals surface area contributed by atoms with Gasteiger partial charge in [-0.25, -0.2) is 4.79 Å². The second-order valence-electron chi connectivity index (χ2n) is 4.52. The van der Waals surface area contributed by atoms with Crippen LogP contribution in [0.1, 0.15) is 36.0 Å². The summed E-state index contributed by atoms with van der Waals surface area (Å²) < 4.78 is 0.587. The first kappa shape index (κ1) is 13.1. The maximum atomic E-state index is 11.8. The first-order chi connectivity index (χ1) is 8.58. The van der Waals surface area contributed by atoms with E-state index in [9.17, 15) is 9.59 Å². The molecule has 18 heavy (non-hydrogen) atoms. The lowest BCUT2D eigenvalue weighted by Crippen LogP contribution is -2.22. The molecule has 0 spiro atoms. The molecule has 0 atom stereocenters. The molecule has 0 radical (unpaired) electrons. The summed E-state index contributed by atoms with van der Waals surface area (Å²) in [6.07, 6.45) is 3.85. The molecule has 2 rings (SSSR count). The predicted molar refractivity (Wildman–Crippen MR) is 71.7 cm³/mol. The Morgan fingerprint density at radius 3 is 2.67 bits per heavy atom. The van der Waals surface area contributed by atoms with Gasteiger partial charge in [-0.3, -0.25) is 4.79 Å².